The van der Waals surface area contributed by atoms with Crippen LogP contribution in [0.3, 0.4) is 0 Å². The Morgan fingerprint density at radius 1 is 1.40 bits per heavy atom. The largest absolute Gasteiger partial charge is 0.360 e. The fourth-order valence-corrected chi connectivity index (χ4v) is 3.07. The monoisotopic (exact) mass is 271 g/mol. The lowest BCUT2D eigenvalue weighted by Crippen LogP contribution is -2.48. The first kappa shape index (κ1) is 13.2. The van der Waals surface area contributed by atoms with Crippen LogP contribution in [-0.4, -0.2) is 41.5 Å². The van der Waals surface area contributed by atoms with Gasteiger partial charge in [-0.2, -0.15) is 0 Å². The van der Waals surface area contributed by atoms with Crippen LogP contribution in [0.4, 0.5) is 0 Å². The molecule has 1 aromatic carbocycles. The lowest BCUT2D eigenvalue weighted by molar-refractivity contribution is 0.0664. The highest BCUT2D eigenvalue weighted by Crippen LogP contribution is 2.21. The smallest absolute Gasteiger partial charge is 0.256 e. The lowest BCUT2D eigenvalue weighted by atomic mass is 10.0. The summed E-state index contributed by atoms with van der Waals surface area (Å²) in [6, 6.07) is 8.28. The molecule has 2 aromatic rings. The number of nitrogens with one attached hydrogen (secondary N) is 2. The van der Waals surface area contributed by atoms with Crippen LogP contribution in [0, 0.1) is 0 Å². The Balaban J connectivity index is 1.89. The van der Waals surface area contributed by atoms with E-state index in [-0.39, 0.29) is 5.91 Å². The van der Waals surface area contributed by atoms with Crippen molar-refractivity contribution in [1.82, 2.24) is 15.2 Å². The zero-order valence-corrected chi connectivity index (χ0v) is 11.9. The highest BCUT2D eigenvalue weighted by Gasteiger charge is 2.26. The molecule has 0 radical (unpaired) electrons. The molecule has 106 valence electrons. The molecule has 0 saturated carbocycles. The minimum absolute atomic E-state index is 0.138. The minimum Gasteiger partial charge on any atom is -0.360 e. The summed E-state index contributed by atoms with van der Waals surface area (Å²) in [5.74, 6) is 0.138. The van der Waals surface area contributed by atoms with Crippen LogP contribution in [0.2, 0.25) is 0 Å². The number of benzene rings is 1. The van der Waals surface area contributed by atoms with Gasteiger partial charge in [-0.1, -0.05) is 18.2 Å². The van der Waals surface area contributed by atoms with Crippen LogP contribution in [-0.2, 0) is 0 Å². The normalized spacial score (nSPS) is 19.1. The zero-order chi connectivity index (χ0) is 13.9. The van der Waals surface area contributed by atoms with Crippen LogP contribution >= 0.6 is 0 Å². The predicted molar refractivity (Wildman–Crippen MR) is 80.9 cm³/mol. The second kappa shape index (κ2) is 5.67. The molecule has 1 amide bonds. The van der Waals surface area contributed by atoms with Gasteiger partial charge in [0, 0.05) is 36.2 Å². The SMILES string of the molecule is CCN(C(=O)c1c[nH]c2ccccc12)C1CCCNC1. The maximum absolute atomic E-state index is 12.8. The first-order valence-corrected chi connectivity index (χ1v) is 7.39. The number of piperidine rings is 1. The molecular formula is C16H21N3O. The minimum atomic E-state index is 0.138. The fourth-order valence-electron chi connectivity index (χ4n) is 3.07. The van der Waals surface area contributed by atoms with E-state index in [2.05, 4.69) is 17.2 Å². The van der Waals surface area contributed by atoms with Gasteiger partial charge in [-0.05, 0) is 32.4 Å². The molecule has 0 bridgehead atoms. The molecule has 1 atom stereocenters. The molecule has 3 rings (SSSR count). The molecule has 4 heteroatoms. The number of H-pyrrole nitrogens is 1. The molecular weight excluding hydrogens is 250 g/mol. The predicted octanol–water partition coefficient (Wildman–Crippen LogP) is 2.38. The molecule has 1 saturated heterocycles. The zero-order valence-electron chi connectivity index (χ0n) is 11.9. The molecule has 1 fully saturated rings. The van der Waals surface area contributed by atoms with Crippen molar-refractivity contribution in [3.63, 3.8) is 0 Å². The topological polar surface area (TPSA) is 48.1 Å². The average Bonchev–Trinajstić information content (AvgIpc) is 2.93. The first-order chi connectivity index (χ1) is 9.81. The Morgan fingerprint density at radius 2 is 2.25 bits per heavy atom. The second-order valence-electron chi connectivity index (χ2n) is 5.34. The summed E-state index contributed by atoms with van der Waals surface area (Å²) in [7, 11) is 0. The molecule has 0 spiro atoms. The summed E-state index contributed by atoms with van der Waals surface area (Å²) in [6.07, 6.45) is 4.07. The van der Waals surface area contributed by atoms with E-state index in [0.717, 1.165) is 48.9 Å². The van der Waals surface area contributed by atoms with Gasteiger partial charge in [-0.15, -0.1) is 0 Å². The van der Waals surface area contributed by atoms with E-state index in [0.29, 0.717) is 6.04 Å². The number of carbonyl (C=O) groups excluding carboxylic acids is 1. The summed E-state index contributed by atoms with van der Waals surface area (Å²) in [5, 5.41) is 4.40. The van der Waals surface area contributed by atoms with Gasteiger partial charge in [0.15, 0.2) is 0 Å². The molecule has 1 unspecified atom stereocenters. The van der Waals surface area contributed by atoms with Gasteiger partial charge >= 0.3 is 0 Å². The lowest BCUT2D eigenvalue weighted by Gasteiger charge is -2.34. The summed E-state index contributed by atoms with van der Waals surface area (Å²) in [4.78, 5) is 18.0. The van der Waals surface area contributed by atoms with Gasteiger partial charge in [-0.25, -0.2) is 0 Å². The standard InChI is InChI=1S/C16H21N3O/c1-2-19(12-6-5-9-17-10-12)16(20)14-11-18-15-8-4-3-7-13(14)15/h3-4,7-8,11-12,17-18H,2,5-6,9-10H2,1H3. The number of hydrogen-bond donors (Lipinski definition) is 2. The number of hydrogen-bond acceptors (Lipinski definition) is 2. The summed E-state index contributed by atoms with van der Waals surface area (Å²) in [6.45, 7) is 4.78. The molecule has 1 aliphatic rings. The van der Waals surface area contributed by atoms with E-state index in [1.807, 2.05) is 35.4 Å². The third-order valence-electron chi connectivity index (χ3n) is 4.13. The number of amides is 1. The number of rotatable bonds is 3. The maximum Gasteiger partial charge on any atom is 0.256 e. The first-order valence-electron chi connectivity index (χ1n) is 7.39. The van der Waals surface area contributed by atoms with Gasteiger partial charge in [0.25, 0.3) is 5.91 Å². The van der Waals surface area contributed by atoms with E-state index in [4.69, 9.17) is 0 Å². The van der Waals surface area contributed by atoms with Gasteiger partial charge in [0.2, 0.25) is 0 Å². The van der Waals surface area contributed by atoms with Crippen LogP contribution in [0.1, 0.15) is 30.1 Å². The van der Waals surface area contributed by atoms with Crippen LogP contribution in [0.15, 0.2) is 30.5 Å². The summed E-state index contributed by atoms with van der Waals surface area (Å²) < 4.78 is 0. The number of aromatic nitrogens is 1. The highest BCUT2D eigenvalue weighted by atomic mass is 16.2. The Hall–Kier alpha value is -1.81. The van der Waals surface area contributed by atoms with Crippen molar-refractivity contribution in [1.29, 1.82) is 0 Å². The fraction of sp³-hybridized carbons (Fsp3) is 0.438. The Kier molecular flexibility index (Phi) is 3.74. The van der Waals surface area contributed by atoms with Gasteiger partial charge in [0.05, 0.1) is 5.56 Å². The van der Waals surface area contributed by atoms with Crippen molar-refractivity contribution in [2.75, 3.05) is 19.6 Å². The molecule has 2 N–H and O–H groups in total. The molecule has 0 aliphatic carbocycles. The number of carbonyl (C=O) groups is 1. The van der Waals surface area contributed by atoms with Crippen LogP contribution in [0.5, 0.6) is 0 Å². The van der Waals surface area contributed by atoms with Crippen molar-refractivity contribution in [3.05, 3.63) is 36.0 Å². The van der Waals surface area contributed by atoms with Gasteiger partial charge in [-0.3, -0.25) is 4.79 Å². The van der Waals surface area contributed by atoms with E-state index in [1.54, 1.807) is 0 Å². The third kappa shape index (κ3) is 2.31. The molecule has 2 heterocycles. The van der Waals surface area contributed by atoms with Crippen LogP contribution in [0.25, 0.3) is 10.9 Å². The van der Waals surface area contributed by atoms with E-state index < -0.39 is 0 Å². The number of fused-ring (bicyclic) bond motifs is 1. The van der Waals surface area contributed by atoms with Crippen molar-refractivity contribution >= 4 is 16.8 Å². The summed E-state index contributed by atoms with van der Waals surface area (Å²) >= 11 is 0. The van der Waals surface area contributed by atoms with Crippen LogP contribution < -0.4 is 5.32 Å². The highest BCUT2D eigenvalue weighted by molar-refractivity contribution is 6.06. The molecule has 4 nitrogen and oxygen atoms in total. The molecule has 20 heavy (non-hydrogen) atoms. The van der Waals surface area contributed by atoms with Crippen molar-refractivity contribution in [2.24, 2.45) is 0 Å². The van der Waals surface area contributed by atoms with E-state index in [9.17, 15) is 4.79 Å². The quantitative estimate of drug-likeness (QED) is 0.900. The number of para-hydroxylation sites is 1. The number of likely N-dealkylation sites (N-methyl/N-ethyl adjacent to an activating group) is 1. The average molecular weight is 271 g/mol. The van der Waals surface area contributed by atoms with Crippen molar-refractivity contribution < 1.29 is 4.79 Å². The molecule has 1 aliphatic heterocycles. The van der Waals surface area contributed by atoms with E-state index >= 15 is 0 Å². The Morgan fingerprint density at radius 3 is 3.00 bits per heavy atom. The summed E-state index contributed by atoms with van der Waals surface area (Å²) in [5.41, 5.74) is 1.81. The maximum atomic E-state index is 12.8. The Bertz CT molecular complexity index is 599. The Labute approximate surface area is 119 Å². The van der Waals surface area contributed by atoms with Crippen molar-refractivity contribution in [3.8, 4) is 0 Å². The number of aromatic amines is 1. The van der Waals surface area contributed by atoms with Gasteiger partial charge < -0.3 is 15.2 Å². The second-order valence-corrected chi connectivity index (χ2v) is 5.34. The van der Waals surface area contributed by atoms with Crippen molar-refractivity contribution in [2.45, 2.75) is 25.8 Å². The third-order valence-corrected chi connectivity index (χ3v) is 4.13. The van der Waals surface area contributed by atoms with E-state index in [1.165, 1.54) is 0 Å². The van der Waals surface area contributed by atoms with Gasteiger partial charge in [0.1, 0.15) is 0 Å². The number of nitrogens with zero attached hydrogens (tertiary/aromatic N) is 1. The molecule has 1 aromatic heterocycles.